The molecule has 4 nitrogen and oxygen atoms in total. The molecule has 0 aliphatic carbocycles. The van der Waals surface area contributed by atoms with E-state index in [1.54, 1.807) is 11.9 Å². The SMILES string of the molecule is CN1CCN(CC=CCS)C(=O)C1=O. The Morgan fingerprint density at radius 1 is 1.29 bits per heavy atom. The van der Waals surface area contributed by atoms with Crippen molar-refractivity contribution >= 4 is 24.4 Å². The molecular weight excluding hydrogens is 200 g/mol. The van der Waals surface area contributed by atoms with E-state index in [-0.39, 0.29) is 0 Å². The van der Waals surface area contributed by atoms with Gasteiger partial charge in [0.05, 0.1) is 0 Å². The maximum absolute atomic E-state index is 11.4. The summed E-state index contributed by atoms with van der Waals surface area (Å²) >= 11 is 4.01. The molecule has 1 heterocycles. The van der Waals surface area contributed by atoms with Crippen LogP contribution in [0.5, 0.6) is 0 Å². The molecule has 78 valence electrons. The highest BCUT2D eigenvalue weighted by Gasteiger charge is 2.29. The number of thiol groups is 1. The van der Waals surface area contributed by atoms with E-state index in [4.69, 9.17) is 0 Å². The van der Waals surface area contributed by atoms with Gasteiger partial charge in [-0.2, -0.15) is 12.6 Å². The summed E-state index contributed by atoms with van der Waals surface area (Å²) in [5, 5.41) is 0. The van der Waals surface area contributed by atoms with Gasteiger partial charge < -0.3 is 9.80 Å². The second-order valence-electron chi connectivity index (χ2n) is 3.13. The molecular formula is C9H14N2O2S. The monoisotopic (exact) mass is 214 g/mol. The lowest BCUT2D eigenvalue weighted by Gasteiger charge is -2.30. The van der Waals surface area contributed by atoms with Crippen LogP contribution in [0.3, 0.4) is 0 Å². The van der Waals surface area contributed by atoms with Crippen LogP contribution in [0.25, 0.3) is 0 Å². The molecule has 0 aromatic heterocycles. The van der Waals surface area contributed by atoms with Gasteiger partial charge in [0.1, 0.15) is 0 Å². The van der Waals surface area contributed by atoms with Crippen LogP contribution >= 0.6 is 12.6 Å². The molecule has 0 N–H and O–H groups in total. The summed E-state index contributed by atoms with van der Waals surface area (Å²) in [6, 6.07) is 0. The number of amides is 2. The smallest absolute Gasteiger partial charge is 0.312 e. The predicted molar refractivity (Wildman–Crippen MR) is 57.2 cm³/mol. The van der Waals surface area contributed by atoms with Gasteiger partial charge in [-0.1, -0.05) is 12.2 Å². The van der Waals surface area contributed by atoms with Gasteiger partial charge in [-0.25, -0.2) is 0 Å². The molecule has 0 spiro atoms. The average molecular weight is 214 g/mol. The molecule has 1 aliphatic heterocycles. The summed E-state index contributed by atoms with van der Waals surface area (Å²) in [4.78, 5) is 25.7. The highest BCUT2D eigenvalue weighted by Crippen LogP contribution is 2.02. The third-order valence-electron chi connectivity index (χ3n) is 2.12. The maximum Gasteiger partial charge on any atom is 0.312 e. The highest BCUT2D eigenvalue weighted by molar-refractivity contribution is 7.80. The van der Waals surface area contributed by atoms with Crippen LogP contribution in [0.2, 0.25) is 0 Å². The number of carbonyl (C=O) groups is 2. The standard InChI is InChI=1S/C9H14N2O2S/c1-10-5-6-11(4-2-3-7-14)9(13)8(10)12/h2-3,14H,4-7H2,1H3. The molecule has 0 bridgehead atoms. The summed E-state index contributed by atoms with van der Waals surface area (Å²) in [5.74, 6) is -0.186. The Kier molecular flexibility index (Phi) is 4.00. The first-order valence-electron chi connectivity index (χ1n) is 4.47. The van der Waals surface area contributed by atoms with Crippen molar-refractivity contribution < 1.29 is 9.59 Å². The van der Waals surface area contributed by atoms with Crippen molar-refractivity contribution in [2.75, 3.05) is 32.4 Å². The molecule has 1 rings (SSSR count). The molecule has 0 radical (unpaired) electrons. The Labute approximate surface area is 89.0 Å². The number of nitrogens with zero attached hydrogens (tertiary/aromatic N) is 2. The van der Waals surface area contributed by atoms with Crippen molar-refractivity contribution in [2.45, 2.75) is 0 Å². The number of piperazine rings is 1. The first kappa shape index (κ1) is 11.1. The minimum absolute atomic E-state index is 0.414. The van der Waals surface area contributed by atoms with Gasteiger partial charge in [-0.15, -0.1) is 0 Å². The molecule has 5 heteroatoms. The molecule has 0 aromatic carbocycles. The molecule has 1 aliphatic rings. The summed E-state index contributed by atoms with van der Waals surface area (Å²) in [6.07, 6.45) is 3.71. The van der Waals surface area contributed by atoms with Crippen LogP contribution in [-0.2, 0) is 9.59 Å². The van der Waals surface area contributed by atoms with Crippen LogP contribution in [0, 0.1) is 0 Å². The van der Waals surface area contributed by atoms with Crippen molar-refractivity contribution in [3.05, 3.63) is 12.2 Å². The molecule has 0 unspecified atom stereocenters. The Balaban J connectivity index is 2.51. The predicted octanol–water partition coefficient (Wildman–Crippen LogP) is -0.227. The van der Waals surface area contributed by atoms with Gasteiger partial charge in [0.25, 0.3) is 0 Å². The molecule has 0 saturated carbocycles. The van der Waals surface area contributed by atoms with E-state index < -0.39 is 11.8 Å². The second kappa shape index (κ2) is 5.05. The fourth-order valence-electron chi connectivity index (χ4n) is 1.22. The van der Waals surface area contributed by atoms with Crippen LogP contribution in [0.1, 0.15) is 0 Å². The fourth-order valence-corrected chi connectivity index (χ4v) is 1.37. The number of likely N-dealkylation sites (N-methyl/N-ethyl adjacent to an activating group) is 1. The van der Waals surface area contributed by atoms with E-state index in [0.29, 0.717) is 25.4 Å². The molecule has 14 heavy (non-hydrogen) atoms. The molecule has 0 atom stereocenters. The summed E-state index contributed by atoms with van der Waals surface area (Å²) < 4.78 is 0. The number of hydrogen-bond acceptors (Lipinski definition) is 3. The van der Waals surface area contributed by atoms with E-state index in [1.807, 2.05) is 12.2 Å². The van der Waals surface area contributed by atoms with Crippen LogP contribution in [-0.4, -0.2) is 54.0 Å². The Morgan fingerprint density at radius 2 is 2.00 bits per heavy atom. The zero-order valence-electron chi connectivity index (χ0n) is 8.14. The normalized spacial score (nSPS) is 18.4. The van der Waals surface area contributed by atoms with Gasteiger partial charge >= 0.3 is 11.8 Å². The van der Waals surface area contributed by atoms with Crippen molar-refractivity contribution in [3.8, 4) is 0 Å². The summed E-state index contributed by atoms with van der Waals surface area (Å²) in [5.41, 5.74) is 0. The minimum Gasteiger partial charge on any atom is -0.336 e. The molecule has 2 amide bonds. The van der Waals surface area contributed by atoms with E-state index in [2.05, 4.69) is 12.6 Å². The van der Waals surface area contributed by atoms with Gasteiger partial charge in [0.15, 0.2) is 0 Å². The Bertz CT molecular complexity index is 266. The fraction of sp³-hybridized carbons (Fsp3) is 0.556. The molecule has 1 fully saturated rings. The van der Waals surface area contributed by atoms with Gasteiger partial charge in [0, 0.05) is 32.4 Å². The molecule has 1 saturated heterocycles. The third kappa shape index (κ3) is 2.51. The van der Waals surface area contributed by atoms with Gasteiger partial charge in [-0.05, 0) is 0 Å². The van der Waals surface area contributed by atoms with Crippen molar-refractivity contribution in [1.82, 2.24) is 9.80 Å². The van der Waals surface area contributed by atoms with Crippen LogP contribution in [0.15, 0.2) is 12.2 Å². The lowest BCUT2D eigenvalue weighted by Crippen LogP contribution is -2.52. The van der Waals surface area contributed by atoms with E-state index in [1.165, 1.54) is 4.90 Å². The van der Waals surface area contributed by atoms with E-state index in [9.17, 15) is 9.59 Å². The van der Waals surface area contributed by atoms with Crippen molar-refractivity contribution in [1.29, 1.82) is 0 Å². The zero-order valence-corrected chi connectivity index (χ0v) is 9.04. The number of rotatable bonds is 3. The Hall–Kier alpha value is -0.970. The number of carbonyl (C=O) groups excluding carboxylic acids is 2. The highest BCUT2D eigenvalue weighted by atomic mass is 32.1. The lowest BCUT2D eigenvalue weighted by molar-refractivity contribution is -0.154. The van der Waals surface area contributed by atoms with E-state index in [0.717, 1.165) is 0 Å². The van der Waals surface area contributed by atoms with Crippen molar-refractivity contribution in [3.63, 3.8) is 0 Å². The Morgan fingerprint density at radius 3 is 2.64 bits per heavy atom. The average Bonchev–Trinajstić information content (AvgIpc) is 2.18. The zero-order chi connectivity index (χ0) is 10.6. The minimum atomic E-state index is -0.421. The lowest BCUT2D eigenvalue weighted by atomic mass is 10.3. The summed E-state index contributed by atoms with van der Waals surface area (Å²) in [6.45, 7) is 1.72. The first-order valence-corrected chi connectivity index (χ1v) is 5.10. The first-order chi connectivity index (χ1) is 6.66. The summed E-state index contributed by atoms with van der Waals surface area (Å²) in [7, 11) is 1.64. The second-order valence-corrected chi connectivity index (χ2v) is 3.50. The van der Waals surface area contributed by atoms with Crippen LogP contribution in [0.4, 0.5) is 0 Å². The van der Waals surface area contributed by atoms with E-state index >= 15 is 0 Å². The quantitative estimate of drug-likeness (QED) is 0.400. The van der Waals surface area contributed by atoms with Crippen LogP contribution < -0.4 is 0 Å². The van der Waals surface area contributed by atoms with Gasteiger partial charge in [-0.3, -0.25) is 9.59 Å². The van der Waals surface area contributed by atoms with Crippen molar-refractivity contribution in [2.24, 2.45) is 0 Å². The number of hydrogen-bond donors (Lipinski definition) is 1. The topological polar surface area (TPSA) is 40.6 Å². The third-order valence-corrected chi connectivity index (χ3v) is 2.33. The maximum atomic E-state index is 11.4. The largest absolute Gasteiger partial charge is 0.336 e. The van der Waals surface area contributed by atoms with Gasteiger partial charge in [0.2, 0.25) is 0 Å². The molecule has 0 aromatic rings.